The topological polar surface area (TPSA) is 67.9 Å². The standard InChI is InChI=1S/C23H26N2O4/c1-28-19-9-6-10-20(29-2)22(19)23(27)25-15-13-18(14-16-25)24-21(26)12-11-17-7-4-3-5-8-17/h3-12,18H,13-16H2,1-2H3,(H,24,26)/b12-11+. The average molecular weight is 394 g/mol. The number of hydrogen-bond donors (Lipinski definition) is 1. The van der Waals surface area contributed by atoms with Crippen LogP contribution in [-0.2, 0) is 4.79 Å². The number of piperidine rings is 1. The van der Waals surface area contributed by atoms with E-state index in [1.807, 2.05) is 30.3 Å². The van der Waals surface area contributed by atoms with E-state index in [4.69, 9.17) is 9.47 Å². The Morgan fingerprint density at radius 1 is 0.966 bits per heavy atom. The highest BCUT2D eigenvalue weighted by molar-refractivity contribution is 5.99. The second-order valence-electron chi connectivity index (χ2n) is 6.86. The fourth-order valence-corrected chi connectivity index (χ4v) is 3.43. The van der Waals surface area contributed by atoms with Gasteiger partial charge in [0.1, 0.15) is 17.1 Å². The van der Waals surface area contributed by atoms with Gasteiger partial charge in [-0.05, 0) is 36.6 Å². The van der Waals surface area contributed by atoms with E-state index >= 15 is 0 Å². The van der Waals surface area contributed by atoms with Crippen molar-refractivity contribution < 1.29 is 19.1 Å². The molecule has 2 aromatic carbocycles. The molecule has 2 amide bonds. The van der Waals surface area contributed by atoms with Crippen LogP contribution in [0.25, 0.3) is 6.08 Å². The normalized spacial score (nSPS) is 14.6. The van der Waals surface area contributed by atoms with E-state index in [0.717, 1.165) is 5.56 Å². The van der Waals surface area contributed by atoms with Crippen molar-refractivity contribution in [3.8, 4) is 11.5 Å². The van der Waals surface area contributed by atoms with Crippen LogP contribution in [0.3, 0.4) is 0 Å². The van der Waals surface area contributed by atoms with Crippen molar-refractivity contribution >= 4 is 17.9 Å². The molecule has 1 saturated heterocycles. The lowest BCUT2D eigenvalue weighted by atomic mass is 10.0. The van der Waals surface area contributed by atoms with Crippen LogP contribution in [0.4, 0.5) is 0 Å². The third kappa shape index (κ3) is 5.16. The van der Waals surface area contributed by atoms with E-state index in [0.29, 0.717) is 43.0 Å². The van der Waals surface area contributed by atoms with Crippen LogP contribution in [0.15, 0.2) is 54.6 Å². The molecule has 1 aliphatic rings. The van der Waals surface area contributed by atoms with Gasteiger partial charge in [0.2, 0.25) is 5.91 Å². The SMILES string of the molecule is COc1cccc(OC)c1C(=O)N1CCC(NC(=O)/C=C/c2ccccc2)CC1. The fourth-order valence-electron chi connectivity index (χ4n) is 3.43. The molecule has 3 rings (SSSR count). The second kappa shape index (κ2) is 9.78. The number of likely N-dealkylation sites (tertiary alicyclic amines) is 1. The lowest BCUT2D eigenvalue weighted by Crippen LogP contribution is -2.46. The van der Waals surface area contributed by atoms with Crippen LogP contribution in [0.5, 0.6) is 11.5 Å². The number of methoxy groups -OCH3 is 2. The molecule has 0 radical (unpaired) electrons. The van der Waals surface area contributed by atoms with Crippen LogP contribution in [0, 0.1) is 0 Å². The predicted octanol–water partition coefficient (Wildman–Crippen LogP) is 3.14. The van der Waals surface area contributed by atoms with Gasteiger partial charge >= 0.3 is 0 Å². The van der Waals surface area contributed by atoms with Gasteiger partial charge < -0.3 is 19.7 Å². The summed E-state index contributed by atoms with van der Waals surface area (Å²) in [5.74, 6) is 0.754. The molecule has 0 unspecified atom stereocenters. The zero-order valence-corrected chi connectivity index (χ0v) is 16.8. The number of nitrogens with one attached hydrogen (secondary N) is 1. The number of ether oxygens (including phenoxy) is 2. The molecular formula is C23H26N2O4. The Balaban J connectivity index is 1.56. The van der Waals surface area contributed by atoms with E-state index in [1.54, 1.807) is 35.3 Å². The molecule has 29 heavy (non-hydrogen) atoms. The molecule has 1 aliphatic heterocycles. The molecule has 0 atom stereocenters. The first kappa shape index (κ1) is 20.5. The molecule has 0 aliphatic carbocycles. The highest BCUT2D eigenvalue weighted by atomic mass is 16.5. The average Bonchev–Trinajstić information content (AvgIpc) is 2.77. The van der Waals surface area contributed by atoms with E-state index in [2.05, 4.69) is 5.32 Å². The van der Waals surface area contributed by atoms with Crippen LogP contribution in [-0.4, -0.2) is 50.1 Å². The molecule has 1 heterocycles. The second-order valence-corrected chi connectivity index (χ2v) is 6.86. The molecule has 0 saturated carbocycles. The summed E-state index contributed by atoms with van der Waals surface area (Å²) in [6, 6.07) is 15.0. The maximum Gasteiger partial charge on any atom is 0.261 e. The minimum atomic E-state index is -0.120. The Bertz CT molecular complexity index is 849. The highest BCUT2D eigenvalue weighted by Crippen LogP contribution is 2.30. The largest absolute Gasteiger partial charge is 0.496 e. The summed E-state index contributed by atoms with van der Waals surface area (Å²) < 4.78 is 10.7. The Kier molecular flexibility index (Phi) is 6.89. The molecule has 6 heteroatoms. The van der Waals surface area contributed by atoms with Gasteiger partial charge in [-0.15, -0.1) is 0 Å². The van der Waals surface area contributed by atoms with Crippen molar-refractivity contribution in [3.05, 3.63) is 65.7 Å². The molecule has 152 valence electrons. The number of carbonyl (C=O) groups is 2. The van der Waals surface area contributed by atoms with Crippen LogP contribution in [0.1, 0.15) is 28.8 Å². The fraction of sp³-hybridized carbons (Fsp3) is 0.304. The number of amides is 2. The summed E-state index contributed by atoms with van der Waals surface area (Å²) in [6.45, 7) is 1.13. The van der Waals surface area contributed by atoms with Crippen molar-refractivity contribution in [1.29, 1.82) is 0 Å². The Hall–Kier alpha value is -3.28. The highest BCUT2D eigenvalue weighted by Gasteiger charge is 2.28. The summed E-state index contributed by atoms with van der Waals surface area (Å²) >= 11 is 0. The van der Waals surface area contributed by atoms with E-state index in [1.165, 1.54) is 14.2 Å². The first-order valence-electron chi connectivity index (χ1n) is 9.66. The number of hydrogen-bond acceptors (Lipinski definition) is 4. The Morgan fingerprint density at radius 2 is 1.59 bits per heavy atom. The molecule has 2 aromatic rings. The number of carbonyl (C=O) groups excluding carboxylic acids is 2. The predicted molar refractivity (Wildman–Crippen MR) is 112 cm³/mol. The maximum absolute atomic E-state index is 13.0. The summed E-state index contributed by atoms with van der Waals surface area (Å²) in [4.78, 5) is 27.0. The van der Waals surface area contributed by atoms with Crippen molar-refractivity contribution in [2.75, 3.05) is 27.3 Å². The van der Waals surface area contributed by atoms with Gasteiger partial charge in [0, 0.05) is 25.2 Å². The lowest BCUT2D eigenvalue weighted by molar-refractivity contribution is -0.117. The number of benzene rings is 2. The van der Waals surface area contributed by atoms with Gasteiger partial charge in [-0.3, -0.25) is 9.59 Å². The molecule has 0 spiro atoms. The molecule has 6 nitrogen and oxygen atoms in total. The smallest absolute Gasteiger partial charge is 0.261 e. The van der Waals surface area contributed by atoms with Crippen molar-refractivity contribution in [1.82, 2.24) is 10.2 Å². The molecular weight excluding hydrogens is 368 g/mol. The summed E-state index contributed by atoms with van der Waals surface area (Å²) in [7, 11) is 3.08. The quantitative estimate of drug-likeness (QED) is 0.765. The summed E-state index contributed by atoms with van der Waals surface area (Å²) in [5.41, 5.74) is 1.42. The first-order chi connectivity index (χ1) is 14.1. The zero-order valence-electron chi connectivity index (χ0n) is 16.8. The third-order valence-electron chi connectivity index (χ3n) is 5.00. The summed E-state index contributed by atoms with van der Waals surface area (Å²) in [6.07, 6.45) is 4.75. The monoisotopic (exact) mass is 394 g/mol. The molecule has 0 bridgehead atoms. The zero-order chi connectivity index (χ0) is 20.6. The van der Waals surface area contributed by atoms with E-state index < -0.39 is 0 Å². The van der Waals surface area contributed by atoms with E-state index in [-0.39, 0.29) is 17.9 Å². The van der Waals surface area contributed by atoms with Crippen molar-refractivity contribution in [3.63, 3.8) is 0 Å². The van der Waals surface area contributed by atoms with Crippen molar-refractivity contribution in [2.45, 2.75) is 18.9 Å². The minimum Gasteiger partial charge on any atom is -0.496 e. The minimum absolute atomic E-state index is 0.0477. The van der Waals surface area contributed by atoms with Crippen LogP contribution < -0.4 is 14.8 Å². The van der Waals surface area contributed by atoms with Gasteiger partial charge in [0.25, 0.3) is 5.91 Å². The van der Waals surface area contributed by atoms with Gasteiger partial charge in [-0.25, -0.2) is 0 Å². The maximum atomic E-state index is 13.0. The Morgan fingerprint density at radius 3 is 2.17 bits per heavy atom. The van der Waals surface area contributed by atoms with Gasteiger partial charge in [-0.2, -0.15) is 0 Å². The van der Waals surface area contributed by atoms with Gasteiger partial charge in [0.05, 0.1) is 14.2 Å². The van der Waals surface area contributed by atoms with Gasteiger partial charge in [-0.1, -0.05) is 36.4 Å². The Labute approximate surface area is 171 Å². The first-order valence-corrected chi connectivity index (χ1v) is 9.66. The van der Waals surface area contributed by atoms with Gasteiger partial charge in [0.15, 0.2) is 0 Å². The third-order valence-corrected chi connectivity index (χ3v) is 5.00. The lowest BCUT2D eigenvalue weighted by Gasteiger charge is -2.32. The van der Waals surface area contributed by atoms with Crippen LogP contribution in [0.2, 0.25) is 0 Å². The summed E-state index contributed by atoms with van der Waals surface area (Å²) in [5, 5.41) is 3.02. The number of rotatable bonds is 6. The molecule has 0 aromatic heterocycles. The molecule has 1 N–H and O–H groups in total. The number of nitrogens with zero attached hydrogens (tertiary/aromatic N) is 1. The van der Waals surface area contributed by atoms with E-state index in [9.17, 15) is 9.59 Å². The van der Waals surface area contributed by atoms with Crippen LogP contribution >= 0.6 is 0 Å². The molecule has 1 fully saturated rings. The van der Waals surface area contributed by atoms with Crippen molar-refractivity contribution in [2.24, 2.45) is 0 Å².